The van der Waals surface area contributed by atoms with E-state index in [1.165, 1.54) is 7.11 Å². The number of esters is 1. The van der Waals surface area contributed by atoms with Crippen LogP contribution in [0.3, 0.4) is 0 Å². The van der Waals surface area contributed by atoms with E-state index < -0.39 is 5.97 Å². The first-order chi connectivity index (χ1) is 6.69. The predicted octanol–water partition coefficient (Wildman–Crippen LogP) is 2.17. The molecule has 0 spiro atoms. The minimum absolute atomic E-state index is 0.393. The normalized spacial score (nSPS) is 9.86. The topological polar surface area (TPSA) is 52.3 Å². The van der Waals surface area contributed by atoms with Crippen molar-refractivity contribution in [2.24, 2.45) is 0 Å². The Hall–Kier alpha value is -1.16. The van der Waals surface area contributed by atoms with Crippen LogP contribution in [-0.4, -0.2) is 18.8 Å². The van der Waals surface area contributed by atoms with Gasteiger partial charge in [0.25, 0.3) is 0 Å². The van der Waals surface area contributed by atoms with Crippen LogP contribution < -0.4 is 5.73 Å². The smallest absolute Gasteiger partial charge is 0.339 e. The molecule has 1 aromatic rings. The molecule has 0 amide bonds. The van der Waals surface area contributed by atoms with Gasteiger partial charge in [-0.05, 0) is 24.0 Å². The van der Waals surface area contributed by atoms with Crippen molar-refractivity contribution in [2.75, 3.05) is 18.6 Å². The second-order valence-electron chi connectivity index (χ2n) is 2.67. The quantitative estimate of drug-likeness (QED) is 0.473. The number of nitrogen functional groups attached to an aromatic ring is 1. The number of carbonyl (C=O) groups excluding carboxylic acids is 1. The van der Waals surface area contributed by atoms with Gasteiger partial charge in [0.2, 0.25) is 0 Å². The van der Waals surface area contributed by atoms with E-state index in [4.69, 9.17) is 5.73 Å². The van der Waals surface area contributed by atoms with E-state index >= 15 is 0 Å². The molecule has 4 heteroatoms. The molecule has 0 aliphatic rings. The van der Waals surface area contributed by atoms with Gasteiger partial charge in [-0.25, -0.2) is 4.79 Å². The molecule has 0 saturated heterocycles. The molecule has 0 radical (unpaired) electrons. The van der Waals surface area contributed by atoms with E-state index in [0.717, 1.165) is 10.6 Å². The van der Waals surface area contributed by atoms with E-state index in [2.05, 4.69) is 11.7 Å². The lowest BCUT2D eigenvalue weighted by atomic mass is 10.2. The molecule has 0 saturated carbocycles. The van der Waals surface area contributed by atoms with Crippen LogP contribution in [-0.2, 0) is 4.74 Å². The zero-order valence-corrected chi connectivity index (χ0v) is 9.06. The lowest BCUT2D eigenvalue weighted by Gasteiger charge is -2.05. The third-order valence-corrected chi connectivity index (χ3v) is 2.62. The second-order valence-corrected chi connectivity index (χ2v) is 4.01. The third-order valence-electron chi connectivity index (χ3n) is 1.74. The second kappa shape index (κ2) is 4.91. The number of benzene rings is 1. The fraction of sp³-hybridized carbons (Fsp3) is 0.300. The van der Waals surface area contributed by atoms with E-state index in [1.807, 2.05) is 6.07 Å². The summed E-state index contributed by atoms with van der Waals surface area (Å²) in [4.78, 5) is 12.3. The van der Waals surface area contributed by atoms with Crippen molar-refractivity contribution < 1.29 is 9.53 Å². The largest absolute Gasteiger partial charge is 0.465 e. The molecule has 76 valence electrons. The molecular weight excluding hydrogens is 198 g/mol. The molecule has 0 unspecified atom stereocenters. The summed E-state index contributed by atoms with van der Waals surface area (Å²) in [6.45, 7) is 2.06. The highest BCUT2D eigenvalue weighted by Gasteiger charge is 2.09. The van der Waals surface area contributed by atoms with Crippen LogP contribution in [0.4, 0.5) is 5.69 Å². The van der Waals surface area contributed by atoms with E-state index in [-0.39, 0.29) is 0 Å². The van der Waals surface area contributed by atoms with Crippen LogP contribution in [0.15, 0.2) is 23.1 Å². The zero-order chi connectivity index (χ0) is 10.6. The van der Waals surface area contributed by atoms with Gasteiger partial charge in [-0.3, -0.25) is 0 Å². The molecule has 0 aliphatic carbocycles. The summed E-state index contributed by atoms with van der Waals surface area (Å²) < 4.78 is 4.59. The van der Waals surface area contributed by atoms with Crippen molar-refractivity contribution in [3.8, 4) is 0 Å². The van der Waals surface area contributed by atoms with Crippen molar-refractivity contribution in [3.05, 3.63) is 23.8 Å². The minimum atomic E-state index is -0.393. The fourth-order valence-electron chi connectivity index (χ4n) is 1.09. The Bertz CT molecular complexity index is 339. The number of anilines is 1. The molecule has 3 nitrogen and oxygen atoms in total. The van der Waals surface area contributed by atoms with Crippen LogP contribution in [0, 0.1) is 0 Å². The van der Waals surface area contributed by atoms with E-state index in [0.29, 0.717) is 11.3 Å². The molecule has 2 N–H and O–H groups in total. The summed E-state index contributed by atoms with van der Waals surface area (Å²) in [5.41, 5.74) is 6.61. The Labute approximate surface area is 87.6 Å². The van der Waals surface area contributed by atoms with Crippen molar-refractivity contribution in [3.63, 3.8) is 0 Å². The van der Waals surface area contributed by atoms with Crippen LogP contribution >= 0.6 is 11.8 Å². The van der Waals surface area contributed by atoms with Crippen molar-refractivity contribution in [1.82, 2.24) is 0 Å². The lowest BCUT2D eigenvalue weighted by molar-refractivity contribution is 0.0602. The van der Waals surface area contributed by atoms with E-state index in [1.54, 1.807) is 23.9 Å². The number of methoxy groups -OCH3 is 1. The molecule has 0 bridgehead atoms. The Morgan fingerprint density at radius 1 is 1.57 bits per heavy atom. The molecule has 0 aliphatic heterocycles. The summed E-state index contributed by atoms with van der Waals surface area (Å²) in [5.74, 6) is 0.590. The Balaban J connectivity index is 2.95. The number of ether oxygens (including phenoxy) is 1. The Kier molecular flexibility index (Phi) is 3.83. The minimum Gasteiger partial charge on any atom is -0.465 e. The first-order valence-corrected chi connectivity index (χ1v) is 5.28. The van der Waals surface area contributed by atoms with Gasteiger partial charge in [0, 0.05) is 10.6 Å². The Morgan fingerprint density at radius 2 is 2.29 bits per heavy atom. The summed E-state index contributed by atoms with van der Waals surface area (Å²) >= 11 is 1.69. The summed E-state index contributed by atoms with van der Waals surface area (Å²) in [6, 6.07) is 5.36. The standard InChI is InChI=1S/C10H13NO2S/c1-3-14-7-4-5-8(9(11)6-7)10(12)13-2/h4-6H,3,11H2,1-2H3. The van der Waals surface area contributed by atoms with Crippen LogP contribution in [0.5, 0.6) is 0 Å². The van der Waals surface area contributed by atoms with Gasteiger partial charge in [0.05, 0.1) is 12.7 Å². The van der Waals surface area contributed by atoms with Gasteiger partial charge >= 0.3 is 5.97 Å². The molecule has 1 rings (SSSR count). The molecule has 1 aromatic carbocycles. The van der Waals surface area contributed by atoms with Gasteiger partial charge in [-0.15, -0.1) is 11.8 Å². The van der Waals surface area contributed by atoms with Crippen LogP contribution in [0.25, 0.3) is 0 Å². The van der Waals surface area contributed by atoms with E-state index in [9.17, 15) is 4.79 Å². The first kappa shape index (κ1) is 10.9. The number of carbonyl (C=O) groups is 1. The molecule has 0 atom stereocenters. The maximum Gasteiger partial charge on any atom is 0.339 e. The summed E-state index contributed by atoms with van der Waals surface area (Å²) in [6.07, 6.45) is 0. The summed E-state index contributed by atoms with van der Waals surface area (Å²) in [5, 5.41) is 0. The highest BCUT2D eigenvalue weighted by molar-refractivity contribution is 7.99. The van der Waals surface area contributed by atoms with Crippen molar-refractivity contribution in [2.45, 2.75) is 11.8 Å². The van der Waals surface area contributed by atoms with Crippen molar-refractivity contribution >= 4 is 23.4 Å². The molecular formula is C10H13NO2S. The average Bonchev–Trinajstić information content (AvgIpc) is 2.17. The van der Waals surface area contributed by atoms with Gasteiger partial charge in [-0.1, -0.05) is 6.92 Å². The molecule has 14 heavy (non-hydrogen) atoms. The number of thioether (sulfide) groups is 1. The zero-order valence-electron chi connectivity index (χ0n) is 8.24. The number of hydrogen-bond acceptors (Lipinski definition) is 4. The maximum absolute atomic E-state index is 11.2. The van der Waals surface area contributed by atoms with Gasteiger partial charge in [-0.2, -0.15) is 0 Å². The van der Waals surface area contributed by atoms with Crippen LogP contribution in [0.1, 0.15) is 17.3 Å². The predicted molar refractivity (Wildman–Crippen MR) is 58.6 cm³/mol. The fourth-order valence-corrected chi connectivity index (χ4v) is 1.80. The SMILES string of the molecule is CCSc1ccc(C(=O)OC)c(N)c1. The van der Waals surface area contributed by atoms with Crippen molar-refractivity contribution in [1.29, 1.82) is 0 Å². The van der Waals surface area contributed by atoms with Gasteiger partial charge in [0.1, 0.15) is 0 Å². The highest BCUT2D eigenvalue weighted by Crippen LogP contribution is 2.23. The molecule has 0 fully saturated rings. The molecule has 0 aromatic heterocycles. The third kappa shape index (κ3) is 2.42. The van der Waals surface area contributed by atoms with Gasteiger partial charge in [0.15, 0.2) is 0 Å². The lowest BCUT2D eigenvalue weighted by Crippen LogP contribution is -2.05. The monoisotopic (exact) mass is 211 g/mol. The first-order valence-electron chi connectivity index (χ1n) is 4.29. The number of rotatable bonds is 3. The Morgan fingerprint density at radius 3 is 2.79 bits per heavy atom. The highest BCUT2D eigenvalue weighted by atomic mass is 32.2. The maximum atomic E-state index is 11.2. The summed E-state index contributed by atoms with van der Waals surface area (Å²) in [7, 11) is 1.34. The number of hydrogen-bond donors (Lipinski definition) is 1. The average molecular weight is 211 g/mol. The molecule has 0 heterocycles. The van der Waals surface area contributed by atoms with Crippen LogP contribution in [0.2, 0.25) is 0 Å². The number of nitrogens with two attached hydrogens (primary N) is 1. The van der Waals surface area contributed by atoms with Gasteiger partial charge < -0.3 is 10.5 Å².